The number of aromatic carboxylic acids is 1. The molecule has 0 radical (unpaired) electrons. The smallest absolute Gasteiger partial charge is 0.337 e. The Morgan fingerprint density at radius 3 is 2.44 bits per heavy atom. The van der Waals surface area contributed by atoms with Crippen molar-refractivity contribution in [3.63, 3.8) is 0 Å². The number of amides is 1. The topological polar surface area (TPSA) is 96.5 Å². The molecule has 6 heteroatoms. The average molecular weight is 249 g/mol. The summed E-state index contributed by atoms with van der Waals surface area (Å²) >= 11 is 0. The maximum absolute atomic E-state index is 11.0. The van der Waals surface area contributed by atoms with E-state index < -0.39 is 5.97 Å². The summed E-state index contributed by atoms with van der Waals surface area (Å²) in [7, 11) is 0. The molecule has 1 aromatic heterocycles. The predicted octanol–water partition coefficient (Wildman–Crippen LogP) is 0.481. The predicted molar refractivity (Wildman–Crippen MR) is 65.3 cm³/mol. The van der Waals surface area contributed by atoms with E-state index in [4.69, 9.17) is 10.8 Å². The lowest BCUT2D eigenvalue weighted by Gasteiger charge is -2.31. The van der Waals surface area contributed by atoms with Crippen LogP contribution in [0.1, 0.15) is 23.2 Å². The molecule has 0 atom stereocenters. The van der Waals surface area contributed by atoms with E-state index >= 15 is 0 Å². The summed E-state index contributed by atoms with van der Waals surface area (Å²) in [5, 5.41) is 8.78. The van der Waals surface area contributed by atoms with Crippen molar-refractivity contribution in [1.29, 1.82) is 0 Å². The second-order valence-corrected chi connectivity index (χ2v) is 4.37. The third kappa shape index (κ3) is 2.58. The highest BCUT2D eigenvalue weighted by molar-refractivity contribution is 5.87. The molecule has 1 saturated heterocycles. The Morgan fingerprint density at radius 1 is 1.33 bits per heavy atom. The lowest BCUT2D eigenvalue weighted by Crippen LogP contribution is -2.38. The number of piperidine rings is 1. The zero-order chi connectivity index (χ0) is 13.1. The first-order valence-corrected chi connectivity index (χ1v) is 5.81. The summed E-state index contributed by atoms with van der Waals surface area (Å²) in [6.07, 6.45) is 2.78. The molecule has 0 bridgehead atoms. The lowest BCUT2D eigenvalue weighted by molar-refractivity contribution is -0.122. The van der Waals surface area contributed by atoms with Crippen LogP contribution in [0, 0.1) is 5.92 Å². The molecule has 0 unspecified atom stereocenters. The fourth-order valence-corrected chi connectivity index (χ4v) is 2.09. The van der Waals surface area contributed by atoms with Crippen LogP contribution in [-0.4, -0.2) is 35.1 Å². The Labute approximate surface area is 104 Å². The summed E-state index contributed by atoms with van der Waals surface area (Å²) in [6, 6.07) is 3.22. The second-order valence-electron chi connectivity index (χ2n) is 4.37. The minimum absolute atomic E-state index is 0.0560. The largest absolute Gasteiger partial charge is 0.478 e. The summed E-state index contributed by atoms with van der Waals surface area (Å²) in [5.74, 6) is -0.548. The molecule has 6 nitrogen and oxygen atoms in total. The SMILES string of the molecule is NC(=O)C1CCN(c2ccc(C(=O)O)cn2)CC1. The highest BCUT2D eigenvalue weighted by Crippen LogP contribution is 2.21. The van der Waals surface area contributed by atoms with Gasteiger partial charge in [-0.2, -0.15) is 0 Å². The Morgan fingerprint density at radius 2 is 2.00 bits per heavy atom. The molecule has 0 spiro atoms. The van der Waals surface area contributed by atoms with Gasteiger partial charge in [0, 0.05) is 25.2 Å². The number of carboxylic acids is 1. The van der Waals surface area contributed by atoms with E-state index in [1.807, 2.05) is 4.90 Å². The zero-order valence-electron chi connectivity index (χ0n) is 9.87. The molecular formula is C12H15N3O3. The minimum Gasteiger partial charge on any atom is -0.478 e. The molecule has 2 rings (SSSR count). The Kier molecular flexibility index (Phi) is 3.45. The quantitative estimate of drug-likeness (QED) is 0.812. The van der Waals surface area contributed by atoms with Crippen molar-refractivity contribution in [3.8, 4) is 0 Å². The first-order valence-electron chi connectivity index (χ1n) is 5.81. The van der Waals surface area contributed by atoms with Gasteiger partial charge in [0.2, 0.25) is 5.91 Å². The molecule has 1 fully saturated rings. The van der Waals surface area contributed by atoms with Crippen LogP contribution in [0.25, 0.3) is 0 Å². The highest BCUT2D eigenvalue weighted by atomic mass is 16.4. The molecule has 2 heterocycles. The molecule has 0 aromatic carbocycles. The maximum atomic E-state index is 11.0. The van der Waals surface area contributed by atoms with Crippen molar-refractivity contribution < 1.29 is 14.7 Å². The van der Waals surface area contributed by atoms with Crippen LogP contribution >= 0.6 is 0 Å². The third-order valence-corrected chi connectivity index (χ3v) is 3.22. The van der Waals surface area contributed by atoms with E-state index in [1.165, 1.54) is 12.3 Å². The number of aromatic nitrogens is 1. The van der Waals surface area contributed by atoms with E-state index in [1.54, 1.807) is 6.07 Å². The fraction of sp³-hybridized carbons (Fsp3) is 0.417. The standard InChI is InChI=1S/C12H15N3O3/c13-11(16)8-3-5-15(6-4-8)10-2-1-9(7-14-10)12(17)18/h1-2,7-8H,3-6H2,(H2,13,16)(H,17,18). The Balaban J connectivity index is 2.01. The molecular weight excluding hydrogens is 234 g/mol. The number of carboxylic acid groups (broad SMARTS) is 1. The van der Waals surface area contributed by atoms with Crippen LogP contribution in [0.3, 0.4) is 0 Å². The fourth-order valence-electron chi connectivity index (χ4n) is 2.09. The summed E-state index contributed by atoms with van der Waals surface area (Å²) in [6.45, 7) is 1.43. The summed E-state index contributed by atoms with van der Waals surface area (Å²) in [4.78, 5) is 27.9. The number of anilines is 1. The Bertz CT molecular complexity index is 450. The summed E-state index contributed by atoms with van der Waals surface area (Å²) < 4.78 is 0. The van der Waals surface area contributed by atoms with E-state index in [9.17, 15) is 9.59 Å². The lowest BCUT2D eigenvalue weighted by atomic mass is 9.96. The van der Waals surface area contributed by atoms with Gasteiger partial charge in [0.25, 0.3) is 0 Å². The van der Waals surface area contributed by atoms with Gasteiger partial charge < -0.3 is 15.7 Å². The van der Waals surface area contributed by atoms with E-state index in [-0.39, 0.29) is 17.4 Å². The first kappa shape index (κ1) is 12.3. The van der Waals surface area contributed by atoms with Gasteiger partial charge in [0.05, 0.1) is 5.56 Å². The van der Waals surface area contributed by atoms with E-state index in [2.05, 4.69) is 4.98 Å². The van der Waals surface area contributed by atoms with Gasteiger partial charge in [-0.15, -0.1) is 0 Å². The number of nitrogens with zero attached hydrogens (tertiary/aromatic N) is 2. The number of primary amides is 1. The van der Waals surface area contributed by atoms with E-state index in [0.29, 0.717) is 13.1 Å². The molecule has 0 aliphatic carbocycles. The van der Waals surface area contributed by atoms with Crippen LogP contribution in [0.2, 0.25) is 0 Å². The van der Waals surface area contributed by atoms with Crippen LogP contribution in [0.15, 0.2) is 18.3 Å². The van der Waals surface area contributed by atoms with Gasteiger partial charge in [0.15, 0.2) is 0 Å². The molecule has 1 aliphatic heterocycles. The highest BCUT2D eigenvalue weighted by Gasteiger charge is 2.23. The van der Waals surface area contributed by atoms with Crippen LogP contribution < -0.4 is 10.6 Å². The zero-order valence-corrected chi connectivity index (χ0v) is 9.87. The first-order chi connectivity index (χ1) is 8.58. The monoisotopic (exact) mass is 249 g/mol. The maximum Gasteiger partial charge on any atom is 0.337 e. The van der Waals surface area contributed by atoms with E-state index in [0.717, 1.165) is 18.7 Å². The van der Waals surface area contributed by atoms with Crippen molar-refractivity contribution in [3.05, 3.63) is 23.9 Å². The van der Waals surface area contributed by atoms with Gasteiger partial charge in [-0.05, 0) is 25.0 Å². The van der Waals surface area contributed by atoms with Crippen LogP contribution in [-0.2, 0) is 4.79 Å². The second kappa shape index (κ2) is 5.03. The average Bonchev–Trinajstić information content (AvgIpc) is 2.39. The van der Waals surface area contributed by atoms with Crippen LogP contribution in [0.4, 0.5) is 5.82 Å². The number of carbonyl (C=O) groups excluding carboxylic acids is 1. The van der Waals surface area contributed by atoms with Gasteiger partial charge in [-0.3, -0.25) is 4.79 Å². The van der Waals surface area contributed by atoms with Gasteiger partial charge in [-0.1, -0.05) is 0 Å². The molecule has 3 N–H and O–H groups in total. The Hall–Kier alpha value is -2.11. The molecule has 1 aromatic rings. The molecule has 18 heavy (non-hydrogen) atoms. The number of nitrogens with two attached hydrogens (primary N) is 1. The van der Waals surface area contributed by atoms with Crippen molar-refractivity contribution in [2.75, 3.05) is 18.0 Å². The minimum atomic E-state index is -0.985. The molecule has 0 saturated carbocycles. The van der Waals surface area contributed by atoms with Gasteiger partial charge in [0.1, 0.15) is 5.82 Å². The van der Waals surface area contributed by atoms with Crippen LogP contribution in [0.5, 0.6) is 0 Å². The normalized spacial score (nSPS) is 16.6. The van der Waals surface area contributed by atoms with Gasteiger partial charge >= 0.3 is 5.97 Å². The third-order valence-electron chi connectivity index (χ3n) is 3.22. The van der Waals surface area contributed by atoms with Crippen molar-refractivity contribution >= 4 is 17.7 Å². The molecule has 96 valence electrons. The number of pyridine rings is 1. The molecule has 1 amide bonds. The van der Waals surface area contributed by atoms with Gasteiger partial charge in [-0.25, -0.2) is 9.78 Å². The van der Waals surface area contributed by atoms with Crippen molar-refractivity contribution in [2.24, 2.45) is 11.7 Å². The number of hydrogen-bond acceptors (Lipinski definition) is 4. The number of rotatable bonds is 3. The van der Waals surface area contributed by atoms with Crippen molar-refractivity contribution in [1.82, 2.24) is 4.98 Å². The summed E-state index contributed by atoms with van der Waals surface area (Å²) in [5.41, 5.74) is 5.44. The number of hydrogen-bond donors (Lipinski definition) is 2. The molecule has 1 aliphatic rings. The van der Waals surface area contributed by atoms with Crippen molar-refractivity contribution in [2.45, 2.75) is 12.8 Å². The number of carbonyl (C=O) groups is 2.